The first-order valence-corrected chi connectivity index (χ1v) is 12.2. The summed E-state index contributed by atoms with van der Waals surface area (Å²) in [7, 11) is 0. The lowest BCUT2D eigenvalue weighted by Gasteiger charge is -2.30. The molecule has 1 saturated carbocycles. The average Bonchev–Trinajstić information content (AvgIpc) is 2.79. The Morgan fingerprint density at radius 2 is 1.69 bits per heavy atom. The second kappa shape index (κ2) is 10.7. The molecule has 1 N–H and O–H groups in total. The van der Waals surface area contributed by atoms with Crippen molar-refractivity contribution in [2.24, 2.45) is 11.8 Å². The minimum Gasteiger partial charge on any atom is -0.490 e. The maximum atomic E-state index is 11.1. The molecule has 0 amide bonds. The van der Waals surface area contributed by atoms with Crippen molar-refractivity contribution in [3.8, 4) is 5.75 Å². The summed E-state index contributed by atoms with van der Waals surface area (Å²) in [5.74, 6) is 0.802. The van der Waals surface area contributed by atoms with Crippen LogP contribution in [0.4, 0.5) is 0 Å². The zero-order valence-corrected chi connectivity index (χ0v) is 19.5. The summed E-state index contributed by atoms with van der Waals surface area (Å²) in [5.41, 5.74) is 1.28. The van der Waals surface area contributed by atoms with E-state index in [9.17, 15) is 9.90 Å². The molecule has 0 radical (unpaired) electrons. The zero-order chi connectivity index (χ0) is 22.5. The topological polar surface area (TPSA) is 59.0 Å². The predicted molar refractivity (Wildman–Crippen MR) is 127 cm³/mol. The van der Waals surface area contributed by atoms with Crippen LogP contribution in [0.1, 0.15) is 57.9 Å². The molecule has 2 aromatic rings. The molecule has 0 atom stereocenters. The van der Waals surface area contributed by atoms with Gasteiger partial charge in [-0.25, -0.2) is 0 Å². The lowest BCUT2D eigenvalue weighted by Crippen LogP contribution is -2.35. The smallest absolute Gasteiger partial charge is 0.306 e. The van der Waals surface area contributed by atoms with Crippen LogP contribution in [-0.2, 0) is 16.1 Å². The molecular formula is C27H37NO4. The minimum atomic E-state index is -0.651. The van der Waals surface area contributed by atoms with Gasteiger partial charge in [0.15, 0.2) is 0 Å². The van der Waals surface area contributed by atoms with Crippen molar-refractivity contribution in [1.29, 1.82) is 0 Å². The fraction of sp³-hybridized carbons (Fsp3) is 0.593. The Labute approximate surface area is 191 Å². The van der Waals surface area contributed by atoms with E-state index in [1.165, 1.54) is 29.2 Å². The fourth-order valence-corrected chi connectivity index (χ4v) is 4.98. The van der Waals surface area contributed by atoms with Gasteiger partial charge in [0, 0.05) is 13.2 Å². The molecule has 5 heteroatoms. The third kappa shape index (κ3) is 6.23. The minimum absolute atomic E-state index is 0.176. The van der Waals surface area contributed by atoms with E-state index < -0.39 is 5.97 Å². The summed E-state index contributed by atoms with van der Waals surface area (Å²) in [5, 5.41) is 11.6. The van der Waals surface area contributed by atoms with E-state index in [0.717, 1.165) is 57.7 Å². The fourth-order valence-electron chi connectivity index (χ4n) is 4.98. The first-order valence-electron chi connectivity index (χ1n) is 12.2. The van der Waals surface area contributed by atoms with Crippen LogP contribution in [0.25, 0.3) is 10.8 Å². The number of likely N-dealkylation sites (tertiary alicyclic amines) is 1. The first-order chi connectivity index (χ1) is 15.5. The van der Waals surface area contributed by atoms with Crippen molar-refractivity contribution in [2.75, 3.05) is 19.7 Å². The first kappa shape index (κ1) is 23.1. The molecule has 32 heavy (non-hydrogen) atoms. The summed E-state index contributed by atoms with van der Waals surface area (Å²) in [6.45, 7) is 7.66. The molecule has 0 unspecified atom stereocenters. The number of benzene rings is 2. The summed E-state index contributed by atoms with van der Waals surface area (Å²) < 4.78 is 12.1. The summed E-state index contributed by atoms with van der Waals surface area (Å²) in [6, 6.07) is 13.0. The number of carbonyl (C=O) groups is 1. The average molecular weight is 440 g/mol. The highest BCUT2D eigenvalue weighted by molar-refractivity contribution is 5.84. The Hall–Kier alpha value is -2.11. The van der Waals surface area contributed by atoms with Crippen LogP contribution in [0.2, 0.25) is 0 Å². The Kier molecular flexibility index (Phi) is 7.69. The molecule has 2 aliphatic rings. The van der Waals surface area contributed by atoms with E-state index in [1.54, 1.807) is 0 Å². The quantitative estimate of drug-likeness (QED) is 0.589. The van der Waals surface area contributed by atoms with Gasteiger partial charge >= 0.3 is 5.97 Å². The number of piperidine rings is 1. The normalized spacial score (nSPS) is 23.0. The van der Waals surface area contributed by atoms with E-state index >= 15 is 0 Å². The van der Waals surface area contributed by atoms with Crippen molar-refractivity contribution in [3.63, 3.8) is 0 Å². The standard InChI is InChI=1S/C27H37NO4/c1-19(2)31-18-20-4-8-25(9-5-20)32-26-10-7-23-15-21(3-6-24(23)16-26)17-28-13-11-22(12-14-28)27(29)30/h3,6-7,10,15-16,19-20,22,25H,4-5,8-9,11-14,17-18H2,1-2H3,(H,29,30)/t20-,25-. The molecule has 0 aromatic heterocycles. The maximum Gasteiger partial charge on any atom is 0.306 e. The lowest BCUT2D eigenvalue weighted by atomic mass is 9.88. The Morgan fingerprint density at radius 1 is 1.00 bits per heavy atom. The van der Waals surface area contributed by atoms with Crippen molar-refractivity contribution in [1.82, 2.24) is 4.90 Å². The highest BCUT2D eigenvalue weighted by Crippen LogP contribution is 2.30. The number of rotatable bonds is 8. The van der Waals surface area contributed by atoms with E-state index in [0.29, 0.717) is 18.1 Å². The molecule has 2 fully saturated rings. The van der Waals surface area contributed by atoms with Gasteiger partial charge in [-0.1, -0.05) is 18.2 Å². The van der Waals surface area contributed by atoms with Gasteiger partial charge in [-0.15, -0.1) is 0 Å². The van der Waals surface area contributed by atoms with Crippen molar-refractivity contribution in [2.45, 2.75) is 71.1 Å². The Balaban J connectivity index is 1.29. The molecule has 1 aliphatic carbocycles. The highest BCUT2D eigenvalue weighted by atomic mass is 16.5. The van der Waals surface area contributed by atoms with Gasteiger partial charge in [0.1, 0.15) is 5.75 Å². The predicted octanol–water partition coefficient (Wildman–Crippen LogP) is 5.50. The SMILES string of the molecule is CC(C)OC[C@H]1CC[C@H](Oc2ccc3cc(CN4CCC(C(=O)O)CC4)ccc3c2)CC1. The Morgan fingerprint density at radius 3 is 2.38 bits per heavy atom. The van der Waals surface area contributed by atoms with Gasteiger partial charge < -0.3 is 14.6 Å². The van der Waals surface area contributed by atoms with E-state index in [1.807, 2.05) is 0 Å². The van der Waals surface area contributed by atoms with Gasteiger partial charge in [-0.05, 0) is 106 Å². The second-order valence-electron chi connectivity index (χ2n) is 9.87. The second-order valence-corrected chi connectivity index (χ2v) is 9.87. The van der Waals surface area contributed by atoms with Gasteiger partial charge in [0.05, 0.1) is 18.1 Å². The van der Waals surface area contributed by atoms with Crippen LogP contribution in [0.3, 0.4) is 0 Å². The highest BCUT2D eigenvalue weighted by Gasteiger charge is 2.25. The summed E-state index contributed by atoms with van der Waals surface area (Å²) >= 11 is 0. The maximum absolute atomic E-state index is 11.1. The zero-order valence-electron chi connectivity index (χ0n) is 19.5. The van der Waals surface area contributed by atoms with Crippen LogP contribution in [0.15, 0.2) is 36.4 Å². The van der Waals surface area contributed by atoms with Gasteiger partial charge in [0.25, 0.3) is 0 Å². The molecule has 174 valence electrons. The molecule has 2 aromatic carbocycles. The Bertz CT molecular complexity index is 896. The molecule has 5 nitrogen and oxygen atoms in total. The molecule has 1 saturated heterocycles. The van der Waals surface area contributed by atoms with Gasteiger partial charge in [-0.3, -0.25) is 9.69 Å². The summed E-state index contributed by atoms with van der Waals surface area (Å²) in [4.78, 5) is 13.5. The molecule has 0 bridgehead atoms. The van der Waals surface area contributed by atoms with Crippen LogP contribution < -0.4 is 4.74 Å². The van der Waals surface area contributed by atoms with E-state index in [2.05, 4.69) is 55.1 Å². The van der Waals surface area contributed by atoms with E-state index in [-0.39, 0.29) is 5.92 Å². The molecule has 1 aliphatic heterocycles. The molecular weight excluding hydrogens is 402 g/mol. The van der Waals surface area contributed by atoms with Crippen LogP contribution in [0, 0.1) is 11.8 Å². The number of carboxylic acids is 1. The van der Waals surface area contributed by atoms with E-state index in [4.69, 9.17) is 9.47 Å². The van der Waals surface area contributed by atoms with Crippen molar-refractivity contribution < 1.29 is 19.4 Å². The van der Waals surface area contributed by atoms with Crippen LogP contribution in [0.5, 0.6) is 5.75 Å². The van der Waals surface area contributed by atoms with Gasteiger partial charge in [-0.2, -0.15) is 0 Å². The molecule has 0 spiro atoms. The third-order valence-corrected chi connectivity index (χ3v) is 6.98. The molecule has 4 rings (SSSR count). The number of nitrogens with zero attached hydrogens (tertiary/aromatic N) is 1. The van der Waals surface area contributed by atoms with Gasteiger partial charge in [0.2, 0.25) is 0 Å². The third-order valence-electron chi connectivity index (χ3n) is 6.98. The number of hydrogen-bond acceptors (Lipinski definition) is 4. The molecule has 1 heterocycles. The largest absolute Gasteiger partial charge is 0.490 e. The van der Waals surface area contributed by atoms with Crippen LogP contribution in [-0.4, -0.2) is 47.9 Å². The van der Waals surface area contributed by atoms with Crippen molar-refractivity contribution >= 4 is 16.7 Å². The monoisotopic (exact) mass is 439 g/mol. The summed E-state index contributed by atoms with van der Waals surface area (Å²) in [6.07, 6.45) is 6.66. The number of carboxylic acid groups (broad SMARTS) is 1. The van der Waals surface area contributed by atoms with Crippen LogP contribution >= 0.6 is 0 Å². The number of aliphatic carboxylic acids is 1. The number of fused-ring (bicyclic) bond motifs is 1. The number of hydrogen-bond donors (Lipinski definition) is 1. The van der Waals surface area contributed by atoms with Crippen molar-refractivity contribution in [3.05, 3.63) is 42.0 Å². The number of ether oxygens (including phenoxy) is 2. The lowest BCUT2D eigenvalue weighted by molar-refractivity contribution is -0.143.